The number of aliphatic hydroxyl groups is 1. The molecule has 0 aliphatic rings. The molecule has 0 saturated heterocycles. The van der Waals surface area contributed by atoms with Crippen LogP contribution in [0, 0.1) is 0 Å². The second kappa shape index (κ2) is 11.6. The first kappa shape index (κ1) is 21.1. The lowest BCUT2D eigenvalue weighted by Gasteiger charge is -2.24. The smallest absolute Gasteiger partial charge is 0.161 e. The molecule has 1 atom stereocenters. The van der Waals surface area contributed by atoms with Gasteiger partial charge in [0.2, 0.25) is 0 Å². The molecule has 0 bridgehead atoms. The van der Waals surface area contributed by atoms with Gasteiger partial charge in [-0.25, -0.2) is 0 Å². The Bertz CT molecular complexity index is 472. The molecule has 0 heterocycles. The molecule has 0 aliphatic heterocycles. The van der Waals surface area contributed by atoms with Crippen LogP contribution in [0.1, 0.15) is 19.4 Å². The lowest BCUT2D eigenvalue weighted by molar-refractivity contribution is 0.0668. The molecule has 0 spiro atoms. The van der Waals surface area contributed by atoms with Crippen molar-refractivity contribution in [2.45, 2.75) is 32.5 Å². The van der Waals surface area contributed by atoms with E-state index in [-0.39, 0.29) is 6.61 Å². The minimum atomic E-state index is -0.532. The average molecular weight is 357 g/mol. The lowest BCUT2D eigenvalue weighted by Crippen LogP contribution is -2.36. The fourth-order valence-electron chi connectivity index (χ4n) is 2.13. The number of hydrogen-bond donors (Lipinski definition) is 2. The maximum atomic E-state index is 10.1. The summed E-state index contributed by atoms with van der Waals surface area (Å²) in [5.41, 5.74) is 1.15. The summed E-state index contributed by atoms with van der Waals surface area (Å²) in [6.07, 6.45) is 1.57. The third-order valence-electron chi connectivity index (χ3n) is 3.85. The standard InChI is InChI=1S/C18H32N2O3S/c1-14(2)20(3)12-16(21)13-23-17-7-6-15(10-18(17)22-4)11-19-8-9-24-5/h6-7,10,14,16,19,21H,8-9,11-13H2,1-5H3/t16-/m0/s1. The van der Waals surface area contributed by atoms with Crippen molar-refractivity contribution in [3.63, 3.8) is 0 Å². The molecule has 0 radical (unpaired) electrons. The number of methoxy groups -OCH3 is 1. The van der Waals surface area contributed by atoms with E-state index < -0.39 is 6.10 Å². The number of hydrogen-bond acceptors (Lipinski definition) is 6. The van der Waals surface area contributed by atoms with Gasteiger partial charge in [-0.2, -0.15) is 11.8 Å². The minimum Gasteiger partial charge on any atom is -0.493 e. The van der Waals surface area contributed by atoms with Crippen LogP contribution in [0.25, 0.3) is 0 Å². The summed E-state index contributed by atoms with van der Waals surface area (Å²) in [5, 5.41) is 13.5. The second-order valence-corrected chi connectivity index (χ2v) is 7.14. The van der Waals surface area contributed by atoms with Gasteiger partial charge in [-0.15, -0.1) is 0 Å². The Hall–Kier alpha value is -0.950. The summed E-state index contributed by atoms with van der Waals surface area (Å²) < 4.78 is 11.2. The average Bonchev–Trinajstić information content (AvgIpc) is 2.57. The monoisotopic (exact) mass is 356 g/mol. The quantitative estimate of drug-likeness (QED) is 0.560. The molecule has 0 unspecified atom stereocenters. The van der Waals surface area contributed by atoms with Crippen LogP contribution in [0.5, 0.6) is 11.5 Å². The number of rotatable bonds is 12. The number of nitrogens with zero attached hydrogens (tertiary/aromatic N) is 1. The lowest BCUT2D eigenvalue weighted by atomic mass is 10.2. The highest BCUT2D eigenvalue weighted by Crippen LogP contribution is 2.28. The van der Waals surface area contributed by atoms with E-state index in [0.717, 1.165) is 24.4 Å². The molecule has 5 nitrogen and oxygen atoms in total. The van der Waals surface area contributed by atoms with Gasteiger partial charge in [0.25, 0.3) is 0 Å². The molecule has 1 aromatic rings. The minimum absolute atomic E-state index is 0.249. The van der Waals surface area contributed by atoms with Gasteiger partial charge in [0, 0.05) is 31.4 Å². The molecule has 2 N–H and O–H groups in total. The predicted molar refractivity (Wildman–Crippen MR) is 102 cm³/mol. The zero-order valence-electron chi connectivity index (χ0n) is 15.5. The highest BCUT2D eigenvalue weighted by atomic mass is 32.2. The van der Waals surface area contributed by atoms with E-state index in [1.165, 1.54) is 0 Å². The molecule has 1 aromatic carbocycles. The van der Waals surface area contributed by atoms with E-state index in [1.54, 1.807) is 7.11 Å². The van der Waals surface area contributed by atoms with E-state index >= 15 is 0 Å². The van der Waals surface area contributed by atoms with Crippen LogP contribution in [0.2, 0.25) is 0 Å². The highest BCUT2D eigenvalue weighted by Gasteiger charge is 2.13. The molecule has 0 amide bonds. The third kappa shape index (κ3) is 7.75. The fraction of sp³-hybridized carbons (Fsp3) is 0.667. The highest BCUT2D eigenvalue weighted by molar-refractivity contribution is 7.98. The van der Waals surface area contributed by atoms with Gasteiger partial charge in [0.15, 0.2) is 11.5 Å². The van der Waals surface area contributed by atoms with Crippen molar-refractivity contribution < 1.29 is 14.6 Å². The van der Waals surface area contributed by atoms with Crippen LogP contribution in [0.15, 0.2) is 18.2 Å². The van der Waals surface area contributed by atoms with Gasteiger partial charge < -0.3 is 24.8 Å². The largest absolute Gasteiger partial charge is 0.493 e. The second-order valence-electron chi connectivity index (χ2n) is 6.15. The first-order valence-corrected chi connectivity index (χ1v) is 9.75. The zero-order valence-corrected chi connectivity index (χ0v) is 16.4. The normalized spacial score (nSPS) is 12.7. The van der Waals surface area contributed by atoms with Crippen LogP contribution >= 0.6 is 11.8 Å². The molecule has 0 aromatic heterocycles. The van der Waals surface area contributed by atoms with Crippen LogP contribution in [0.4, 0.5) is 0 Å². The number of benzene rings is 1. The first-order chi connectivity index (χ1) is 11.5. The van der Waals surface area contributed by atoms with E-state index in [4.69, 9.17) is 9.47 Å². The summed E-state index contributed by atoms with van der Waals surface area (Å²) in [6.45, 7) is 6.82. The number of likely N-dealkylation sites (N-methyl/N-ethyl adjacent to an activating group) is 1. The van der Waals surface area contributed by atoms with E-state index in [0.29, 0.717) is 24.1 Å². The van der Waals surface area contributed by atoms with Gasteiger partial charge in [-0.3, -0.25) is 0 Å². The van der Waals surface area contributed by atoms with Gasteiger partial charge >= 0.3 is 0 Å². The van der Waals surface area contributed by atoms with Crippen molar-refractivity contribution in [2.75, 3.05) is 45.9 Å². The molecule has 1 rings (SSSR count). The van der Waals surface area contributed by atoms with Crippen molar-refractivity contribution in [2.24, 2.45) is 0 Å². The van der Waals surface area contributed by atoms with Gasteiger partial charge in [-0.1, -0.05) is 6.07 Å². The van der Waals surface area contributed by atoms with Gasteiger partial charge in [0.05, 0.1) is 7.11 Å². The molecule has 0 aliphatic carbocycles. The molecular formula is C18H32N2O3S. The maximum Gasteiger partial charge on any atom is 0.161 e. The molecule has 0 saturated carbocycles. The van der Waals surface area contributed by atoms with Crippen LogP contribution in [-0.2, 0) is 6.54 Å². The molecule has 6 heteroatoms. The van der Waals surface area contributed by atoms with Crippen molar-refractivity contribution in [3.8, 4) is 11.5 Å². The first-order valence-electron chi connectivity index (χ1n) is 8.35. The molecule has 0 fully saturated rings. The fourth-order valence-corrected chi connectivity index (χ4v) is 2.48. The third-order valence-corrected chi connectivity index (χ3v) is 4.46. The molecule has 138 valence electrons. The maximum absolute atomic E-state index is 10.1. The van der Waals surface area contributed by atoms with Crippen LogP contribution in [0.3, 0.4) is 0 Å². The Morgan fingerprint density at radius 3 is 2.67 bits per heavy atom. The van der Waals surface area contributed by atoms with Crippen molar-refractivity contribution >= 4 is 11.8 Å². The Kier molecular flexibility index (Phi) is 10.2. The number of aliphatic hydroxyl groups excluding tert-OH is 1. The summed E-state index contributed by atoms with van der Waals surface area (Å²) in [5.74, 6) is 2.46. The summed E-state index contributed by atoms with van der Waals surface area (Å²) in [4.78, 5) is 2.09. The van der Waals surface area contributed by atoms with Crippen LogP contribution in [-0.4, -0.2) is 68.0 Å². The van der Waals surface area contributed by atoms with Crippen molar-refractivity contribution in [3.05, 3.63) is 23.8 Å². The Morgan fingerprint density at radius 1 is 1.29 bits per heavy atom. The Balaban J connectivity index is 2.52. The van der Waals surface area contributed by atoms with Crippen molar-refractivity contribution in [1.29, 1.82) is 0 Å². The summed E-state index contributed by atoms with van der Waals surface area (Å²) >= 11 is 1.83. The number of nitrogens with one attached hydrogen (secondary N) is 1. The Labute approximate surface area is 150 Å². The van der Waals surface area contributed by atoms with Crippen molar-refractivity contribution in [1.82, 2.24) is 10.2 Å². The van der Waals surface area contributed by atoms with E-state index in [9.17, 15) is 5.11 Å². The Morgan fingerprint density at radius 2 is 2.04 bits per heavy atom. The summed E-state index contributed by atoms with van der Waals surface area (Å²) in [7, 11) is 3.63. The SMILES string of the molecule is COc1cc(CNCCSC)ccc1OC[C@@H](O)CN(C)C(C)C. The van der Waals surface area contributed by atoms with Gasteiger partial charge in [-0.05, 0) is 44.8 Å². The van der Waals surface area contributed by atoms with E-state index in [2.05, 4.69) is 30.3 Å². The van der Waals surface area contributed by atoms with Gasteiger partial charge in [0.1, 0.15) is 12.7 Å². The topological polar surface area (TPSA) is 54.0 Å². The summed E-state index contributed by atoms with van der Waals surface area (Å²) in [6, 6.07) is 6.31. The van der Waals surface area contributed by atoms with Crippen LogP contribution < -0.4 is 14.8 Å². The molecule has 24 heavy (non-hydrogen) atoms. The zero-order chi connectivity index (χ0) is 17.9. The molecular weight excluding hydrogens is 324 g/mol. The predicted octanol–water partition coefficient (Wildman–Crippen LogP) is 2.23. The number of thioether (sulfide) groups is 1. The van der Waals surface area contributed by atoms with E-state index in [1.807, 2.05) is 37.0 Å². The number of ether oxygens (including phenoxy) is 2.